The Balaban J connectivity index is 1.57. The van der Waals surface area contributed by atoms with E-state index in [1.807, 2.05) is 68.5 Å². The summed E-state index contributed by atoms with van der Waals surface area (Å²) in [5, 5.41) is 10.4. The standard InChI is InChI=1S/C30H39N3O5/c1-4-5-15-31-17-10-14-30-25(28(36)33(26(30)29(31)37)22(19-34)20(2)3)24-23(38-30)13-9-16-32(27(24)35)18-21-11-7-6-8-12-21/h6-14,20,22-26,34H,4-5,15-19H2,1-3H3/t22-,23-,24+,25-,26?,30-/m0/s1. The van der Waals surface area contributed by atoms with Crippen molar-refractivity contribution in [2.75, 3.05) is 26.2 Å². The first-order valence-electron chi connectivity index (χ1n) is 13.9. The summed E-state index contributed by atoms with van der Waals surface area (Å²) in [5.74, 6) is -2.27. The highest BCUT2D eigenvalue weighted by molar-refractivity contribution is 6.00. The fourth-order valence-electron chi connectivity index (χ4n) is 6.65. The number of carbonyl (C=O) groups excluding carboxylic acids is 3. The molecule has 8 nitrogen and oxygen atoms in total. The summed E-state index contributed by atoms with van der Waals surface area (Å²) in [6, 6.07) is 8.31. The molecule has 38 heavy (non-hydrogen) atoms. The normalized spacial score (nSPS) is 31.4. The molecule has 1 N–H and O–H groups in total. The van der Waals surface area contributed by atoms with Gasteiger partial charge < -0.3 is 24.5 Å². The summed E-state index contributed by atoms with van der Waals surface area (Å²) in [6.45, 7) is 7.55. The van der Waals surface area contributed by atoms with Crippen molar-refractivity contribution in [1.29, 1.82) is 0 Å². The van der Waals surface area contributed by atoms with Crippen LogP contribution in [-0.2, 0) is 25.7 Å². The minimum absolute atomic E-state index is 0.0842. The fourth-order valence-corrected chi connectivity index (χ4v) is 6.65. The molecule has 1 spiro atoms. The number of benzene rings is 1. The number of amides is 3. The van der Waals surface area contributed by atoms with Gasteiger partial charge in [-0.25, -0.2) is 0 Å². The van der Waals surface area contributed by atoms with Gasteiger partial charge in [0, 0.05) is 26.2 Å². The van der Waals surface area contributed by atoms with Gasteiger partial charge in [-0.05, 0) is 17.9 Å². The van der Waals surface area contributed by atoms with Crippen LogP contribution in [0.25, 0.3) is 0 Å². The molecular formula is C30H39N3O5. The number of rotatable bonds is 8. The van der Waals surface area contributed by atoms with Gasteiger partial charge in [0.25, 0.3) is 0 Å². The molecular weight excluding hydrogens is 482 g/mol. The first-order chi connectivity index (χ1) is 18.3. The zero-order valence-corrected chi connectivity index (χ0v) is 22.5. The topological polar surface area (TPSA) is 90.4 Å². The lowest BCUT2D eigenvalue weighted by molar-refractivity contribution is -0.152. The number of aliphatic hydroxyl groups is 1. The summed E-state index contributed by atoms with van der Waals surface area (Å²) in [5.41, 5.74) is -0.252. The number of carbonyl (C=O) groups is 3. The average Bonchev–Trinajstić information content (AvgIpc) is 3.22. The number of likely N-dealkylation sites (tertiary alicyclic amines) is 1. The number of nitrogens with zero attached hydrogens (tertiary/aromatic N) is 3. The third-order valence-corrected chi connectivity index (χ3v) is 8.58. The molecule has 3 amide bonds. The van der Waals surface area contributed by atoms with Crippen molar-refractivity contribution < 1.29 is 24.2 Å². The number of aliphatic hydroxyl groups excluding tert-OH is 1. The van der Waals surface area contributed by atoms with Gasteiger partial charge in [0.15, 0.2) is 0 Å². The molecule has 2 saturated heterocycles. The van der Waals surface area contributed by atoms with Crippen molar-refractivity contribution in [3.8, 4) is 0 Å². The molecule has 6 atom stereocenters. The summed E-state index contributed by atoms with van der Waals surface area (Å²) >= 11 is 0. The molecule has 0 aliphatic carbocycles. The molecule has 0 saturated carbocycles. The Morgan fingerprint density at radius 1 is 1.03 bits per heavy atom. The van der Waals surface area contributed by atoms with E-state index in [1.165, 1.54) is 0 Å². The molecule has 1 unspecified atom stereocenters. The molecule has 5 rings (SSSR count). The maximum atomic E-state index is 14.3. The second-order valence-corrected chi connectivity index (χ2v) is 11.3. The Hall–Kier alpha value is -2.97. The van der Waals surface area contributed by atoms with Gasteiger partial charge in [0.2, 0.25) is 17.7 Å². The molecule has 0 radical (unpaired) electrons. The van der Waals surface area contributed by atoms with Crippen LogP contribution < -0.4 is 0 Å². The summed E-state index contributed by atoms with van der Waals surface area (Å²) in [6.07, 6.45) is 8.80. The van der Waals surface area contributed by atoms with E-state index < -0.39 is 35.6 Å². The molecule has 0 aromatic heterocycles. The third-order valence-electron chi connectivity index (χ3n) is 8.58. The number of hydrogen-bond donors (Lipinski definition) is 1. The maximum absolute atomic E-state index is 14.3. The lowest BCUT2D eigenvalue weighted by Crippen LogP contribution is -2.59. The van der Waals surface area contributed by atoms with Crippen molar-refractivity contribution >= 4 is 17.7 Å². The monoisotopic (exact) mass is 521 g/mol. The third kappa shape index (κ3) is 4.28. The van der Waals surface area contributed by atoms with Crippen molar-refractivity contribution in [2.24, 2.45) is 17.8 Å². The van der Waals surface area contributed by atoms with Crippen LogP contribution in [0.1, 0.15) is 39.2 Å². The van der Waals surface area contributed by atoms with E-state index >= 15 is 0 Å². The van der Waals surface area contributed by atoms with Crippen LogP contribution in [0.2, 0.25) is 0 Å². The van der Waals surface area contributed by atoms with Crippen molar-refractivity contribution in [3.05, 3.63) is 60.2 Å². The number of hydrogen-bond acceptors (Lipinski definition) is 5. The fraction of sp³-hybridized carbons (Fsp3) is 0.567. The second-order valence-electron chi connectivity index (χ2n) is 11.3. The summed E-state index contributed by atoms with van der Waals surface area (Å²) in [4.78, 5) is 47.7. The van der Waals surface area contributed by atoms with Crippen LogP contribution in [0.5, 0.6) is 0 Å². The smallest absolute Gasteiger partial charge is 0.249 e. The van der Waals surface area contributed by atoms with Gasteiger partial charge in [-0.3, -0.25) is 14.4 Å². The van der Waals surface area contributed by atoms with Crippen molar-refractivity contribution in [3.63, 3.8) is 0 Å². The van der Waals surface area contributed by atoms with Crippen LogP contribution in [0.3, 0.4) is 0 Å². The van der Waals surface area contributed by atoms with Crippen LogP contribution in [0.15, 0.2) is 54.6 Å². The van der Waals surface area contributed by atoms with Crippen LogP contribution in [0, 0.1) is 17.8 Å². The predicted molar refractivity (Wildman–Crippen MR) is 143 cm³/mol. The van der Waals surface area contributed by atoms with Crippen molar-refractivity contribution in [1.82, 2.24) is 14.7 Å². The zero-order chi connectivity index (χ0) is 27.0. The highest BCUT2D eigenvalue weighted by Gasteiger charge is 2.72. The lowest BCUT2D eigenvalue weighted by Gasteiger charge is -2.39. The van der Waals surface area contributed by atoms with Gasteiger partial charge >= 0.3 is 0 Å². The molecule has 8 heteroatoms. The Morgan fingerprint density at radius 2 is 1.76 bits per heavy atom. The Bertz CT molecular complexity index is 1120. The molecule has 4 aliphatic rings. The molecule has 0 bridgehead atoms. The Kier molecular flexibility index (Phi) is 7.47. The van der Waals surface area contributed by atoms with E-state index in [2.05, 4.69) is 6.92 Å². The minimum atomic E-state index is -1.26. The Labute approximate surface area is 224 Å². The quantitative estimate of drug-likeness (QED) is 0.531. The van der Waals surface area contributed by atoms with Crippen LogP contribution >= 0.6 is 0 Å². The van der Waals surface area contributed by atoms with E-state index in [-0.39, 0.29) is 30.2 Å². The van der Waals surface area contributed by atoms with Crippen LogP contribution in [-0.4, -0.2) is 87.6 Å². The maximum Gasteiger partial charge on any atom is 0.249 e. The van der Waals surface area contributed by atoms with Crippen molar-refractivity contribution in [2.45, 2.75) is 63.9 Å². The first kappa shape index (κ1) is 26.6. The van der Waals surface area contributed by atoms with E-state index in [1.54, 1.807) is 14.7 Å². The zero-order valence-electron chi connectivity index (χ0n) is 22.5. The second kappa shape index (κ2) is 10.7. The molecule has 2 fully saturated rings. The largest absolute Gasteiger partial charge is 0.394 e. The highest BCUT2D eigenvalue weighted by Crippen LogP contribution is 2.54. The van der Waals surface area contributed by atoms with Gasteiger partial charge in [-0.2, -0.15) is 0 Å². The van der Waals surface area contributed by atoms with Crippen LogP contribution in [0.4, 0.5) is 0 Å². The Morgan fingerprint density at radius 3 is 2.45 bits per heavy atom. The molecule has 1 aromatic carbocycles. The molecule has 4 heterocycles. The first-order valence-corrected chi connectivity index (χ1v) is 13.9. The van der Waals surface area contributed by atoms with Gasteiger partial charge in [-0.1, -0.05) is 81.8 Å². The number of unbranched alkanes of at least 4 members (excludes halogenated alkanes) is 1. The van der Waals surface area contributed by atoms with E-state index in [9.17, 15) is 19.5 Å². The average molecular weight is 522 g/mol. The molecule has 4 aliphatic heterocycles. The summed E-state index contributed by atoms with van der Waals surface area (Å²) in [7, 11) is 0. The molecule has 204 valence electrons. The molecule has 1 aromatic rings. The predicted octanol–water partition coefficient (Wildman–Crippen LogP) is 2.38. The lowest BCUT2D eigenvalue weighted by atomic mass is 9.77. The highest BCUT2D eigenvalue weighted by atomic mass is 16.5. The van der Waals surface area contributed by atoms with Gasteiger partial charge in [0.05, 0.1) is 30.6 Å². The van der Waals surface area contributed by atoms with E-state index in [0.29, 0.717) is 26.2 Å². The van der Waals surface area contributed by atoms with E-state index in [0.717, 1.165) is 18.4 Å². The van der Waals surface area contributed by atoms with E-state index in [4.69, 9.17) is 4.74 Å². The summed E-state index contributed by atoms with van der Waals surface area (Å²) < 4.78 is 6.70. The SMILES string of the molecule is CCCCN1CC=C[C@]23O[C@H]4C=CCN(Cc5ccccc5)C(=O)[C@H]4[C@H]2C(=O)N([C@@H](CO)C(C)C)C3C1=O. The minimum Gasteiger partial charge on any atom is -0.394 e. The number of ether oxygens (including phenoxy) is 1. The number of fused-ring (bicyclic) bond motifs is 2. The van der Waals surface area contributed by atoms with Gasteiger partial charge in [-0.15, -0.1) is 0 Å². The van der Waals surface area contributed by atoms with Gasteiger partial charge in [0.1, 0.15) is 11.6 Å².